The van der Waals surface area contributed by atoms with Crippen LogP contribution in [0.25, 0.3) is 0 Å². The molecule has 2 heteroatoms. The molecule has 0 bridgehead atoms. The van der Waals surface area contributed by atoms with Crippen molar-refractivity contribution >= 4 is 5.97 Å². The second kappa shape index (κ2) is 4.65. The Morgan fingerprint density at radius 3 is 2.62 bits per heavy atom. The van der Waals surface area contributed by atoms with Crippen molar-refractivity contribution in [3.05, 3.63) is 42.8 Å². The maximum absolute atomic E-state index is 10.9. The Bertz CT molecular complexity index is 267. The van der Waals surface area contributed by atoms with E-state index in [1.165, 1.54) is 0 Å². The summed E-state index contributed by atoms with van der Waals surface area (Å²) in [5.74, 6) is -0.267. The van der Waals surface area contributed by atoms with Crippen LogP contribution in [0.5, 0.6) is 0 Å². The molecule has 1 radical (unpaired) electrons. The van der Waals surface area contributed by atoms with E-state index in [-0.39, 0.29) is 18.5 Å². The van der Waals surface area contributed by atoms with Crippen molar-refractivity contribution < 1.29 is 9.53 Å². The molecule has 0 aromatic heterocycles. The van der Waals surface area contributed by atoms with Gasteiger partial charge in [-0.15, -0.1) is 0 Å². The minimum absolute atomic E-state index is 0.178. The Morgan fingerprint density at radius 1 is 1.46 bits per heavy atom. The fraction of sp³-hybridized carbons (Fsp3) is 0.273. The van der Waals surface area contributed by atoms with E-state index in [1.807, 2.05) is 37.3 Å². The average Bonchev–Trinajstić information content (AvgIpc) is 2.19. The summed E-state index contributed by atoms with van der Waals surface area (Å²) in [6, 6.07) is 9.63. The predicted octanol–water partition coefficient (Wildman–Crippen LogP) is 2.51. The van der Waals surface area contributed by atoms with Gasteiger partial charge in [-0.3, -0.25) is 4.79 Å². The zero-order valence-electron chi connectivity index (χ0n) is 7.69. The minimum Gasteiger partial charge on any atom is -0.458 e. The highest BCUT2D eigenvalue weighted by Gasteiger charge is 2.08. The van der Waals surface area contributed by atoms with Crippen molar-refractivity contribution in [2.45, 2.75) is 19.4 Å². The standard InChI is InChI=1S/C11H13O2/c1-3-11(12)13-9(2)10-7-5-4-6-8-10/h4-9H,1,3H2,2H3. The Morgan fingerprint density at radius 2 is 2.08 bits per heavy atom. The molecule has 0 aliphatic heterocycles. The van der Waals surface area contributed by atoms with E-state index in [4.69, 9.17) is 4.74 Å². The third-order valence-electron chi connectivity index (χ3n) is 1.78. The van der Waals surface area contributed by atoms with E-state index in [0.29, 0.717) is 0 Å². The molecule has 1 atom stereocenters. The maximum Gasteiger partial charge on any atom is 0.306 e. The molecule has 0 aliphatic carbocycles. The molecule has 1 aromatic carbocycles. The smallest absolute Gasteiger partial charge is 0.306 e. The van der Waals surface area contributed by atoms with Gasteiger partial charge in [-0.2, -0.15) is 0 Å². The van der Waals surface area contributed by atoms with Crippen LogP contribution in [0.3, 0.4) is 0 Å². The Hall–Kier alpha value is -1.31. The molecule has 1 aromatic rings. The van der Waals surface area contributed by atoms with Crippen molar-refractivity contribution in [1.82, 2.24) is 0 Å². The predicted molar refractivity (Wildman–Crippen MR) is 50.9 cm³/mol. The summed E-state index contributed by atoms with van der Waals surface area (Å²) >= 11 is 0. The van der Waals surface area contributed by atoms with E-state index in [0.717, 1.165) is 5.56 Å². The number of ether oxygens (including phenoxy) is 1. The van der Waals surface area contributed by atoms with Gasteiger partial charge in [0.1, 0.15) is 6.10 Å². The number of esters is 1. The van der Waals surface area contributed by atoms with Crippen LogP contribution in [0, 0.1) is 6.92 Å². The van der Waals surface area contributed by atoms with Crippen LogP contribution in [0.15, 0.2) is 30.3 Å². The first-order valence-electron chi connectivity index (χ1n) is 4.27. The number of benzene rings is 1. The molecule has 0 saturated heterocycles. The van der Waals surface area contributed by atoms with Crippen LogP contribution >= 0.6 is 0 Å². The van der Waals surface area contributed by atoms with Gasteiger partial charge in [0.25, 0.3) is 0 Å². The highest BCUT2D eigenvalue weighted by molar-refractivity contribution is 5.70. The van der Waals surface area contributed by atoms with Crippen LogP contribution in [-0.4, -0.2) is 5.97 Å². The summed E-state index contributed by atoms with van der Waals surface area (Å²) in [5.41, 5.74) is 1.00. The second-order valence-corrected chi connectivity index (χ2v) is 2.79. The summed E-state index contributed by atoms with van der Waals surface area (Å²) in [7, 11) is 0. The molecule has 0 fully saturated rings. The van der Waals surface area contributed by atoms with Gasteiger partial charge in [0.15, 0.2) is 0 Å². The molecular formula is C11H13O2. The monoisotopic (exact) mass is 177 g/mol. The molecule has 0 heterocycles. The highest BCUT2D eigenvalue weighted by Crippen LogP contribution is 2.16. The van der Waals surface area contributed by atoms with Crippen molar-refractivity contribution in [1.29, 1.82) is 0 Å². The third-order valence-corrected chi connectivity index (χ3v) is 1.78. The molecule has 1 unspecified atom stereocenters. The minimum atomic E-state index is -0.267. The molecule has 0 spiro atoms. The molecule has 1 rings (SSSR count). The van der Waals surface area contributed by atoms with E-state index in [1.54, 1.807) is 0 Å². The van der Waals surface area contributed by atoms with E-state index in [9.17, 15) is 4.79 Å². The SMILES string of the molecule is [CH2]CC(=O)OC(C)c1ccccc1. The lowest BCUT2D eigenvalue weighted by molar-refractivity contribution is -0.147. The number of hydrogen-bond donors (Lipinski definition) is 0. The summed E-state index contributed by atoms with van der Waals surface area (Å²) in [5, 5.41) is 0. The van der Waals surface area contributed by atoms with Crippen molar-refractivity contribution in [2.24, 2.45) is 0 Å². The van der Waals surface area contributed by atoms with Crippen LogP contribution in [0.4, 0.5) is 0 Å². The highest BCUT2D eigenvalue weighted by atomic mass is 16.5. The fourth-order valence-electron chi connectivity index (χ4n) is 1.05. The lowest BCUT2D eigenvalue weighted by atomic mass is 10.1. The van der Waals surface area contributed by atoms with E-state index in [2.05, 4.69) is 6.92 Å². The van der Waals surface area contributed by atoms with Crippen molar-refractivity contribution in [3.8, 4) is 0 Å². The molecule has 0 N–H and O–H groups in total. The number of hydrogen-bond acceptors (Lipinski definition) is 2. The molecule has 0 amide bonds. The van der Waals surface area contributed by atoms with Crippen LogP contribution in [0.1, 0.15) is 25.0 Å². The van der Waals surface area contributed by atoms with Gasteiger partial charge in [0.05, 0.1) is 0 Å². The summed E-state index contributed by atoms with van der Waals surface area (Å²) in [6.07, 6.45) is -0.00702. The zero-order chi connectivity index (χ0) is 9.68. The van der Waals surface area contributed by atoms with Gasteiger partial charge in [0, 0.05) is 6.42 Å². The zero-order valence-corrected chi connectivity index (χ0v) is 7.69. The molecule has 0 saturated carbocycles. The quantitative estimate of drug-likeness (QED) is 0.663. The Kier molecular flexibility index (Phi) is 3.50. The van der Waals surface area contributed by atoms with E-state index < -0.39 is 0 Å². The average molecular weight is 177 g/mol. The van der Waals surface area contributed by atoms with Gasteiger partial charge in [-0.25, -0.2) is 0 Å². The van der Waals surface area contributed by atoms with Gasteiger partial charge < -0.3 is 4.74 Å². The van der Waals surface area contributed by atoms with Gasteiger partial charge in [0.2, 0.25) is 0 Å². The van der Waals surface area contributed by atoms with Crippen molar-refractivity contribution in [3.63, 3.8) is 0 Å². The molecule has 69 valence electrons. The van der Waals surface area contributed by atoms with E-state index >= 15 is 0 Å². The van der Waals surface area contributed by atoms with Crippen LogP contribution in [-0.2, 0) is 9.53 Å². The van der Waals surface area contributed by atoms with Gasteiger partial charge in [-0.1, -0.05) is 30.3 Å². The van der Waals surface area contributed by atoms with Gasteiger partial charge >= 0.3 is 5.97 Å². The first kappa shape index (κ1) is 9.78. The molecular weight excluding hydrogens is 164 g/mol. The third kappa shape index (κ3) is 2.90. The maximum atomic E-state index is 10.9. The molecule has 0 aliphatic rings. The Balaban J connectivity index is 2.59. The summed E-state index contributed by atoms with van der Waals surface area (Å²) in [4.78, 5) is 10.9. The second-order valence-electron chi connectivity index (χ2n) is 2.79. The first-order chi connectivity index (χ1) is 6.24. The topological polar surface area (TPSA) is 26.3 Å². The molecule has 2 nitrogen and oxygen atoms in total. The van der Waals surface area contributed by atoms with Gasteiger partial charge in [-0.05, 0) is 19.4 Å². The summed E-state index contributed by atoms with van der Waals surface area (Å²) < 4.78 is 5.08. The fourth-order valence-corrected chi connectivity index (χ4v) is 1.05. The largest absolute Gasteiger partial charge is 0.458 e. The first-order valence-corrected chi connectivity index (χ1v) is 4.27. The molecule has 13 heavy (non-hydrogen) atoms. The van der Waals surface area contributed by atoms with Crippen molar-refractivity contribution in [2.75, 3.05) is 0 Å². The van der Waals surface area contributed by atoms with Crippen LogP contribution in [0.2, 0.25) is 0 Å². The number of carbonyl (C=O) groups excluding carboxylic acids is 1. The van der Waals surface area contributed by atoms with Crippen LogP contribution < -0.4 is 0 Å². The lowest BCUT2D eigenvalue weighted by Gasteiger charge is -2.12. The Labute approximate surface area is 78.5 Å². The summed E-state index contributed by atoms with van der Waals surface area (Å²) in [6.45, 7) is 5.31. The normalized spacial score (nSPS) is 12.2. The lowest BCUT2D eigenvalue weighted by Crippen LogP contribution is -2.07. The number of rotatable bonds is 3. The number of carbonyl (C=O) groups is 1.